The molecule has 2 heterocycles. The molecule has 1 N–H and O–H groups in total. The Labute approximate surface area is 129 Å². The van der Waals surface area contributed by atoms with Gasteiger partial charge < -0.3 is 0 Å². The molecule has 0 aliphatic rings. The lowest BCUT2D eigenvalue weighted by Gasteiger charge is -2.11. The quantitative estimate of drug-likeness (QED) is 0.806. The van der Waals surface area contributed by atoms with Crippen LogP contribution in [0, 0.1) is 13.8 Å². The van der Waals surface area contributed by atoms with Crippen LogP contribution in [0.3, 0.4) is 0 Å². The maximum Gasteiger partial charge on any atom is 0.263 e. The molecule has 3 aromatic rings. The highest BCUT2D eigenvalue weighted by atomic mass is 32.2. The summed E-state index contributed by atoms with van der Waals surface area (Å²) in [6, 6.07) is 10.4. The fourth-order valence-corrected chi connectivity index (χ4v) is 3.64. The molecule has 0 aliphatic carbocycles. The molecule has 2 aromatic heterocycles. The third kappa shape index (κ3) is 2.78. The van der Waals surface area contributed by atoms with Gasteiger partial charge in [-0.15, -0.1) is 0 Å². The smallest absolute Gasteiger partial charge is 0.263 e. The molecule has 112 valence electrons. The number of anilines is 1. The second-order valence-electron chi connectivity index (χ2n) is 5.13. The van der Waals surface area contributed by atoms with Crippen molar-refractivity contribution in [1.82, 2.24) is 9.97 Å². The van der Waals surface area contributed by atoms with E-state index in [1.54, 1.807) is 36.7 Å². The average molecular weight is 313 g/mol. The Morgan fingerprint density at radius 3 is 2.68 bits per heavy atom. The topological polar surface area (TPSA) is 72.0 Å². The summed E-state index contributed by atoms with van der Waals surface area (Å²) in [5.41, 5.74) is 1.71. The van der Waals surface area contributed by atoms with Crippen molar-refractivity contribution in [2.75, 3.05) is 4.72 Å². The minimum absolute atomic E-state index is 0.216. The lowest BCUT2D eigenvalue weighted by atomic mass is 10.2. The van der Waals surface area contributed by atoms with Gasteiger partial charge in [0.1, 0.15) is 5.82 Å². The zero-order valence-corrected chi connectivity index (χ0v) is 13.1. The van der Waals surface area contributed by atoms with Gasteiger partial charge in [0.05, 0.1) is 4.90 Å². The van der Waals surface area contributed by atoms with E-state index >= 15 is 0 Å². The molecule has 3 rings (SSSR count). The second-order valence-corrected chi connectivity index (χ2v) is 6.78. The van der Waals surface area contributed by atoms with Crippen molar-refractivity contribution in [2.45, 2.75) is 18.7 Å². The predicted octanol–water partition coefficient (Wildman–Crippen LogP) is 3.05. The van der Waals surface area contributed by atoms with E-state index in [-0.39, 0.29) is 4.90 Å². The Morgan fingerprint density at radius 2 is 1.91 bits per heavy atom. The van der Waals surface area contributed by atoms with E-state index in [9.17, 15) is 8.42 Å². The van der Waals surface area contributed by atoms with E-state index in [1.807, 2.05) is 26.0 Å². The van der Waals surface area contributed by atoms with Gasteiger partial charge in [0.15, 0.2) is 0 Å². The van der Waals surface area contributed by atoms with E-state index in [0.717, 1.165) is 16.6 Å². The van der Waals surface area contributed by atoms with Gasteiger partial charge >= 0.3 is 0 Å². The Bertz CT molecular complexity index is 927. The van der Waals surface area contributed by atoms with Gasteiger partial charge in [-0.3, -0.25) is 9.71 Å². The van der Waals surface area contributed by atoms with Crippen LogP contribution in [0.4, 0.5) is 5.82 Å². The van der Waals surface area contributed by atoms with E-state index < -0.39 is 10.0 Å². The third-order valence-electron chi connectivity index (χ3n) is 3.27. The van der Waals surface area contributed by atoms with Crippen LogP contribution in [-0.2, 0) is 10.0 Å². The molecule has 0 aliphatic heterocycles. The minimum atomic E-state index is -3.71. The molecular formula is C16H15N3O2S. The Morgan fingerprint density at radius 1 is 1.09 bits per heavy atom. The molecule has 0 amide bonds. The number of rotatable bonds is 3. The van der Waals surface area contributed by atoms with Crippen molar-refractivity contribution in [3.8, 4) is 0 Å². The lowest BCUT2D eigenvalue weighted by Crippen LogP contribution is -2.14. The summed E-state index contributed by atoms with van der Waals surface area (Å²) in [4.78, 5) is 8.45. The first-order valence-electron chi connectivity index (χ1n) is 6.76. The number of fused-ring (bicyclic) bond motifs is 1. The highest BCUT2D eigenvalue weighted by Crippen LogP contribution is 2.24. The number of aromatic nitrogens is 2. The Balaban J connectivity index is 2.09. The number of nitrogens with one attached hydrogen (secondary N) is 1. The van der Waals surface area contributed by atoms with Gasteiger partial charge in [0.25, 0.3) is 10.0 Å². The summed E-state index contributed by atoms with van der Waals surface area (Å²) in [7, 11) is -3.71. The summed E-state index contributed by atoms with van der Waals surface area (Å²) in [6.07, 6.45) is 3.22. The SMILES string of the molecule is Cc1cc(C)nc(NS(=O)(=O)c2cccc3cnccc23)c1. The van der Waals surface area contributed by atoms with Crippen LogP contribution in [0.25, 0.3) is 10.8 Å². The van der Waals surface area contributed by atoms with Crippen LogP contribution in [0.2, 0.25) is 0 Å². The Hall–Kier alpha value is -2.47. The molecule has 0 radical (unpaired) electrons. The van der Waals surface area contributed by atoms with Crippen LogP contribution in [0.15, 0.2) is 53.7 Å². The van der Waals surface area contributed by atoms with Crippen molar-refractivity contribution >= 4 is 26.6 Å². The van der Waals surface area contributed by atoms with E-state index in [4.69, 9.17) is 0 Å². The van der Waals surface area contributed by atoms with Crippen LogP contribution in [0.5, 0.6) is 0 Å². The number of aryl methyl sites for hydroxylation is 2. The molecule has 0 unspecified atom stereocenters. The van der Waals surface area contributed by atoms with Gasteiger partial charge in [-0.25, -0.2) is 13.4 Å². The highest BCUT2D eigenvalue weighted by Gasteiger charge is 2.18. The van der Waals surface area contributed by atoms with E-state index in [0.29, 0.717) is 11.2 Å². The number of hydrogen-bond donors (Lipinski definition) is 1. The van der Waals surface area contributed by atoms with E-state index in [2.05, 4.69) is 14.7 Å². The summed E-state index contributed by atoms with van der Waals surface area (Å²) >= 11 is 0. The van der Waals surface area contributed by atoms with Gasteiger partial charge in [-0.1, -0.05) is 12.1 Å². The minimum Gasteiger partial charge on any atom is -0.264 e. The fourth-order valence-electron chi connectivity index (χ4n) is 2.41. The highest BCUT2D eigenvalue weighted by molar-refractivity contribution is 7.93. The molecule has 6 heteroatoms. The van der Waals surface area contributed by atoms with Crippen LogP contribution >= 0.6 is 0 Å². The maximum atomic E-state index is 12.7. The maximum absolute atomic E-state index is 12.7. The predicted molar refractivity (Wildman–Crippen MR) is 86.3 cm³/mol. The molecule has 0 atom stereocenters. The molecular weight excluding hydrogens is 298 g/mol. The zero-order chi connectivity index (χ0) is 15.7. The molecule has 0 saturated heterocycles. The molecule has 1 aromatic carbocycles. The fraction of sp³-hybridized carbons (Fsp3) is 0.125. The molecule has 0 fully saturated rings. The van der Waals surface area contributed by atoms with Crippen molar-refractivity contribution in [3.63, 3.8) is 0 Å². The first kappa shape index (κ1) is 14.5. The number of nitrogens with zero attached hydrogens (tertiary/aromatic N) is 2. The van der Waals surface area contributed by atoms with Gasteiger partial charge in [0, 0.05) is 28.9 Å². The average Bonchev–Trinajstić information content (AvgIpc) is 2.45. The molecule has 0 bridgehead atoms. The summed E-state index contributed by atoms with van der Waals surface area (Å²) in [6.45, 7) is 3.73. The van der Waals surface area contributed by atoms with Crippen LogP contribution < -0.4 is 4.72 Å². The third-order valence-corrected chi connectivity index (χ3v) is 4.68. The standard InChI is InChI=1S/C16H15N3O2S/c1-11-8-12(2)18-16(9-11)19-22(20,21)15-5-3-4-13-10-17-7-6-14(13)15/h3-10H,1-2H3,(H,18,19). The largest absolute Gasteiger partial charge is 0.264 e. The van der Waals surface area contributed by atoms with Gasteiger partial charge in [-0.05, 0) is 43.7 Å². The van der Waals surface area contributed by atoms with Gasteiger partial charge in [0.2, 0.25) is 0 Å². The number of sulfonamides is 1. The van der Waals surface area contributed by atoms with Gasteiger partial charge in [-0.2, -0.15) is 0 Å². The number of pyridine rings is 2. The van der Waals surface area contributed by atoms with Crippen molar-refractivity contribution in [1.29, 1.82) is 0 Å². The zero-order valence-electron chi connectivity index (χ0n) is 12.2. The Kier molecular flexibility index (Phi) is 3.54. The summed E-state index contributed by atoms with van der Waals surface area (Å²) < 4.78 is 27.9. The van der Waals surface area contributed by atoms with Crippen molar-refractivity contribution in [3.05, 3.63) is 60.0 Å². The normalized spacial score (nSPS) is 11.5. The molecule has 22 heavy (non-hydrogen) atoms. The van der Waals surface area contributed by atoms with Crippen LogP contribution in [-0.4, -0.2) is 18.4 Å². The number of hydrogen-bond acceptors (Lipinski definition) is 4. The summed E-state index contributed by atoms with van der Waals surface area (Å²) in [5, 5.41) is 1.41. The van der Waals surface area contributed by atoms with Crippen LogP contribution in [0.1, 0.15) is 11.3 Å². The van der Waals surface area contributed by atoms with Crippen molar-refractivity contribution in [2.24, 2.45) is 0 Å². The molecule has 5 nitrogen and oxygen atoms in total. The summed E-state index contributed by atoms with van der Waals surface area (Å²) in [5.74, 6) is 0.323. The second kappa shape index (κ2) is 5.38. The number of benzene rings is 1. The first-order valence-corrected chi connectivity index (χ1v) is 8.25. The van der Waals surface area contributed by atoms with Crippen molar-refractivity contribution < 1.29 is 8.42 Å². The first-order chi connectivity index (χ1) is 10.5. The monoisotopic (exact) mass is 313 g/mol. The molecule has 0 spiro atoms. The molecule has 0 saturated carbocycles. The lowest BCUT2D eigenvalue weighted by molar-refractivity contribution is 0.602. The van der Waals surface area contributed by atoms with E-state index in [1.165, 1.54) is 0 Å².